The van der Waals surface area contributed by atoms with Crippen molar-refractivity contribution in [2.75, 3.05) is 27.1 Å². The van der Waals surface area contributed by atoms with E-state index in [0.717, 1.165) is 21.8 Å². The molecule has 0 saturated carbocycles. The second kappa shape index (κ2) is 9.72. The number of benzene rings is 2. The molecule has 2 rings (SSSR count). The van der Waals surface area contributed by atoms with Gasteiger partial charge in [0.1, 0.15) is 5.75 Å². The van der Waals surface area contributed by atoms with Gasteiger partial charge in [-0.05, 0) is 48.9 Å². The Balaban J connectivity index is 1.90. The van der Waals surface area contributed by atoms with Crippen LogP contribution in [0.5, 0.6) is 17.2 Å². The maximum atomic E-state index is 11.9. The van der Waals surface area contributed by atoms with E-state index in [1.165, 1.54) is 11.8 Å². The first-order valence-electron chi connectivity index (χ1n) is 7.88. The minimum absolute atomic E-state index is 0.180. The molecule has 2 aromatic rings. The Bertz CT molecular complexity index is 776. The molecule has 0 bridgehead atoms. The number of aryl methyl sites for hydroxylation is 1. The van der Waals surface area contributed by atoms with Gasteiger partial charge in [0.25, 0.3) is 0 Å². The van der Waals surface area contributed by atoms with Gasteiger partial charge in [-0.25, -0.2) is 5.43 Å². The number of hydrogen-bond donors (Lipinski definition) is 1. The van der Waals surface area contributed by atoms with E-state index < -0.39 is 0 Å². The number of nitrogens with one attached hydrogen (secondary N) is 1. The lowest BCUT2D eigenvalue weighted by Gasteiger charge is -2.10. The first kappa shape index (κ1) is 19.7. The standard InChI is InChI=1S/C19H22N2O4S/c1-13-9-17(24-3)18(25-4)10-14(13)11-20-21-19(22)12-26-16-7-5-15(23-2)6-8-16/h5-11H,12H2,1-4H3,(H,21,22). The average Bonchev–Trinajstić information content (AvgIpc) is 2.67. The number of methoxy groups -OCH3 is 3. The summed E-state index contributed by atoms with van der Waals surface area (Å²) in [4.78, 5) is 12.9. The summed E-state index contributed by atoms with van der Waals surface area (Å²) < 4.78 is 15.6. The topological polar surface area (TPSA) is 69.2 Å². The molecule has 0 aromatic heterocycles. The highest BCUT2D eigenvalue weighted by Crippen LogP contribution is 2.29. The van der Waals surface area contributed by atoms with E-state index in [9.17, 15) is 4.79 Å². The lowest BCUT2D eigenvalue weighted by atomic mass is 10.1. The van der Waals surface area contributed by atoms with Crippen LogP contribution in [0.15, 0.2) is 46.4 Å². The van der Waals surface area contributed by atoms with Crippen LogP contribution < -0.4 is 19.6 Å². The fourth-order valence-corrected chi connectivity index (χ4v) is 2.85. The summed E-state index contributed by atoms with van der Waals surface area (Å²) in [6, 6.07) is 11.2. The Morgan fingerprint density at radius 3 is 2.35 bits per heavy atom. The van der Waals surface area contributed by atoms with E-state index in [0.29, 0.717) is 11.5 Å². The molecule has 1 N–H and O–H groups in total. The fourth-order valence-electron chi connectivity index (χ4n) is 2.16. The van der Waals surface area contributed by atoms with Gasteiger partial charge in [0, 0.05) is 10.5 Å². The van der Waals surface area contributed by atoms with Crippen LogP contribution in [0.1, 0.15) is 11.1 Å². The van der Waals surface area contributed by atoms with Gasteiger partial charge in [0.15, 0.2) is 11.5 Å². The van der Waals surface area contributed by atoms with E-state index in [1.54, 1.807) is 27.5 Å². The third-order valence-electron chi connectivity index (χ3n) is 3.59. The Morgan fingerprint density at radius 1 is 1.08 bits per heavy atom. The van der Waals surface area contributed by atoms with Crippen LogP contribution in [0, 0.1) is 6.92 Å². The van der Waals surface area contributed by atoms with Crippen molar-refractivity contribution < 1.29 is 19.0 Å². The molecule has 0 radical (unpaired) electrons. The van der Waals surface area contributed by atoms with E-state index in [2.05, 4.69) is 10.5 Å². The van der Waals surface area contributed by atoms with Crippen LogP contribution in [-0.2, 0) is 4.79 Å². The third kappa shape index (κ3) is 5.42. The van der Waals surface area contributed by atoms with Gasteiger partial charge in [-0.2, -0.15) is 5.10 Å². The molecular formula is C19H22N2O4S. The maximum absolute atomic E-state index is 11.9. The summed E-state index contributed by atoms with van der Waals surface area (Å²) >= 11 is 1.43. The lowest BCUT2D eigenvalue weighted by Crippen LogP contribution is -2.19. The molecule has 0 unspecified atom stereocenters. The van der Waals surface area contributed by atoms with E-state index in [-0.39, 0.29) is 11.7 Å². The molecular weight excluding hydrogens is 352 g/mol. The highest BCUT2D eigenvalue weighted by Gasteiger charge is 2.07. The Hall–Kier alpha value is -2.67. The lowest BCUT2D eigenvalue weighted by molar-refractivity contribution is -0.118. The average molecular weight is 374 g/mol. The number of ether oxygens (including phenoxy) is 3. The maximum Gasteiger partial charge on any atom is 0.250 e. The van der Waals surface area contributed by atoms with Gasteiger partial charge < -0.3 is 14.2 Å². The molecule has 26 heavy (non-hydrogen) atoms. The number of hydrazone groups is 1. The third-order valence-corrected chi connectivity index (χ3v) is 4.61. The van der Waals surface area contributed by atoms with Crippen LogP contribution in [0.25, 0.3) is 0 Å². The summed E-state index contributed by atoms with van der Waals surface area (Å²) in [6.45, 7) is 1.94. The highest BCUT2D eigenvalue weighted by atomic mass is 32.2. The zero-order chi connectivity index (χ0) is 18.9. The molecule has 0 saturated heterocycles. The van der Waals surface area contributed by atoms with Gasteiger partial charge in [-0.3, -0.25) is 4.79 Å². The van der Waals surface area contributed by atoms with Crippen molar-refractivity contribution in [2.45, 2.75) is 11.8 Å². The Labute approximate surface area is 157 Å². The smallest absolute Gasteiger partial charge is 0.250 e. The van der Waals surface area contributed by atoms with E-state index in [4.69, 9.17) is 14.2 Å². The molecule has 1 amide bonds. The molecule has 0 atom stereocenters. The number of rotatable bonds is 8. The fraction of sp³-hybridized carbons (Fsp3) is 0.263. The van der Waals surface area contributed by atoms with Crippen molar-refractivity contribution >= 4 is 23.9 Å². The predicted molar refractivity (Wildman–Crippen MR) is 104 cm³/mol. The van der Waals surface area contributed by atoms with Gasteiger partial charge in [0.05, 0.1) is 33.3 Å². The van der Waals surface area contributed by atoms with E-state index in [1.807, 2.05) is 43.3 Å². The van der Waals surface area contributed by atoms with Gasteiger partial charge >= 0.3 is 0 Å². The molecule has 0 aliphatic heterocycles. The summed E-state index contributed by atoms with van der Waals surface area (Å²) in [5.41, 5.74) is 4.33. The summed E-state index contributed by atoms with van der Waals surface area (Å²) in [6.07, 6.45) is 1.59. The zero-order valence-corrected chi connectivity index (χ0v) is 16.1. The minimum atomic E-state index is -0.180. The van der Waals surface area contributed by atoms with Crippen molar-refractivity contribution in [2.24, 2.45) is 5.10 Å². The van der Waals surface area contributed by atoms with Crippen LogP contribution >= 0.6 is 11.8 Å². The number of thioether (sulfide) groups is 1. The molecule has 6 nitrogen and oxygen atoms in total. The van der Waals surface area contributed by atoms with Crippen molar-refractivity contribution in [3.63, 3.8) is 0 Å². The normalized spacial score (nSPS) is 10.6. The summed E-state index contributed by atoms with van der Waals surface area (Å²) in [5.74, 6) is 2.14. The van der Waals surface area contributed by atoms with Crippen molar-refractivity contribution in [3.8, 4) is 17.2 Å². The van der Waals surface area contributed by atoms with Gasteiger partial charge in [-0.15, -0.1) is 11.8 Å². The summed E-state index contributed by atoms with van der Waals surface area (Å²) in [7, 11) is 4.78. The quantitative estimate of drug-likeness (QED) is 0.436. The predicted octanol–water partition coefficient (Wildman–Crippen LogP) is 3.26. The highest BCUT2D eigenvalue weighted by molar-refractivity contribution is 8.00. The van der Waals surface area contributed by atoms with Crippen molar-refractivity contribution in [1.82, 2.24) is 5.43 Å². The number of nitrogens with zero attached hydrogens (tertiary/aromatic N) is 1. The van der Waals surface area contributed by atoms with Crippen molar-refractivity contribution in [1.29, 1.82) is 0 Å². The monoisotopic (exact) mass is 374 g/mol. The molecule has 0 aliphatic rings. The van der Waals surface area contributed by atoms with Crippen LogP contribution in [0.2, 0.25) is 0 Å². The first-order chi connectivity index (χ1) is 12.6. The molecule has 7 heteroatoms. The molecule has 138 valence electrons. The van der Waals surface area contributed by atoms with Crippen LogP contribution in [0.4, 0.5) is 0 Å². The molecule has 2 aromatic carbocycles. The van der Waals surface area contributed by atoms with E-state index >= 15 is 0 Å². The van der Waals surface area contributed by atoms with Gasteiger partial charge in [-0.1, -0.05) is 0 Å². The van der Waals surface area contributed by atoms with Crippen LogP contribution in [-0.4, -0.2) is 39.2 Å². The van der Waals surface area contributed by atoms with Crippen molar-refractivity contribution in [3.05, 3.63) is 47.5 Å². The van der Waals surface area contributed by atoms with Gasteiger partial charge in [0.2, 0.25) is 5.91 Å². The minimum Gasteiger partial charge on any atom is -0.497 e. The number of carbonyl (C=O) groups excluding carboxylic acids is 1. The second-order valence-electron chi connectivity index (χ2n) is 5.32. The number of amides is 1. The molecule has 0 aliphatic carbocycles. The zero-order valence-electron chi connectivity index (χ0n) is 15.2. The van der Waals surface area contributed by atoms with Crippen LogP contribution in [0.3, 0.4) is 0 Å². The molecule has 0 fully saturated rings. The SMILES string of the molecule is COc1ccc(SCC(=O)NN=Cc2cc(OC)c(OC)cc2C)cc1. The Morgan fingerprint density at radius 2 is 1.73 bits per heavy atom. The molecule has 0 heterocycles. The largest absolute Gasteiger partial charge is 0.497 e. The first-order valence-corrected chi connectivity index (χ1v) is 8.87. The second-order valence-corrected chi connectivity index (χ2v) is 6.37. The number of carbonyl (C=O) groups is 1. The Kier molecular flexibility index (Phi) is 7.35. The molecule has 0 spiro atoms. The number of hydrogen-bond acceptors (Lipinski definition) is 6. The summed E-state index contributed by atoms with van der Waals surface area (Å²) in [5, 5.41) is 4.02.